The van der Waals surface area contributed by atoms with Crippen LogP contribution >= 0.6 is 0 Å². The number of hydrogen-bond acceptors (Lipinski definition) is 4. The van der Waals surface area contributed by atoms with Crippen LogP contribution in [0, 0.1) is 13.8 Å². The van der Waals surface area contributed by atoms with E-state index in [-0.39, 0.29) is 11.9 Å². The van der Waals surface area contributed by atoms with E-state index in [9.17, 15) is 4.79 Å². The van der Waals surface area contributed by atoms with Gasteiger partial charge in [0.2, 0.25) is 0 Å². The summed E-state index contributed by atoms with van der Waals surface area (Å²) in [6, 6.07) is 3.10. The molecule has 2 N–H and O–H groups in total. The van der Waals surface area contributed by atoms with Crippen LogP contribution in [0.1, 0.15) is 54.5 Å². The fraction of sp³-hybridized carbons (Fsp3) is 0.722. The second-order valence-electron chi connectivity index (χ2n) is 6.97. The Morgan fingerprint density at radius 1 is 1.22 bits per heavy atom. The molecule has 2 aliphatic rings. The average molecular weight is 319 g/mol. The molecule has 1 aliphatic heterocycles. The number of carbonyl (C=O) groups is 1. The van der Waals surface area contributed by atoms with Crippen molar-refractivity contribution in [3.8, 4) is 0 Å². The smallest absolute Gasteiger partial charge is 0.255 e. The van der Waals surface area contributed by atoms with Crippen LogP contribution in [-0.2, 0) is 0 Å². The van der Waals surface area contributed by atoms with Crippen molar-refractivity contribution < 1.29 is 9.21 Å². The summed E-state index contributed by atoms with van der Waals surface area (Å²) in [5.41, 5.74) is 0.671. The van der Waals surface area contributed by atoms with Crippen LogP contribution in [0.15, 0.2) is 10.5 Å². The lowest BCUT2D eigenvalue weighted by molar-refractivity contribution is 0.0878. The predicted molar refractivity (Wildman–Crippen MR) is 90.7 cm³/mol. The molecule has 1 aromatic heterocycles. The molecule has 0 aromatic carbocycles. The highest BCUT2D eigenvalue weighted by molar-refractivity contribution is 5.95. The van der Waals surface area contributed by atoms with E-state index in [1.54, 1.807) is 0 Å². The predicted octanol–water partition coefficient (Wildman–Crippen LogP) is 2.23. The van der Waals surface area contributed by atoms with Crippen molar-refractivity contribution in [3.05, 3.63) is 23.2 Å². The van der Waals surface area contributed by atoms with E-state index in [2.05, 4.69) is 22.5 Å². The third-order valence-corrected chi connectivity index (χ3v) is 5.36. The molecule has 0 radical (unpaired) electrons. The van der Waals surface area contributed by atoms with Crippen molar-refractivity contribution in [3.63, 3.8) is 0 Å². The van der Waals surface area contributed by atoms with Crippen molar-refractivity contribution in [1.82, 2.24) is 15.5 Å². The number of nitrogens with one attached hydrogen (secondary N) is 2. The lowest BCUT2D eigenvalue weighted by Gasteiger charge is -2.42. The number of piperidine rings is 1. The third-order valence-electron chi connectivity index (χ3n) is 5.36. The van der Waals surface area contributed by atoms with Gasteiger partial charge in [0.15, 0.2) is 0 Å². The van der Waals surface area contributed by atoms with Gasteiger partial charge in [-0.05, 0) is 65.2 Å². The standard InChI is InChI=1S/C18H29N3O2/c1-4-21-9-7-14(8-10-21)19-16-5-6-17(16)20-18(22)15-11-12(2)23-13(15)3/h11,14,16-17,19H,4-10H2,1-3H3,(H,20,22)/t16-,17+/m1/s1. The Morgan fingerprint density at radius 2 is 1.91 bits per heavy atom. The van der Waals surface area contributed by atoms with Crippen molar-refractivity contribution >= 4 is 5.91 Å². The summed E-state index contributed by atoms with van der Waals surface area (Å²) >= 11 is 0. The van der Waals surface area contributed by atoms with E-state index in [1.807, 2.05) is 19.9 Å². The number of carbonyl (C=O) groups excluding carboxylic acids is 1. The van der Waals surface area contributed by atoms with Gasteiger partial charge < -0.3 is 20.0 Å². The zero-order chi connectivity index (χ0) is 16.4. The van der Waals surface area contributed by atoms with Gasteiger partial charge in [-0.15, -0.1) is 0 Å². The average Bonchev–Trinajstić information content (AvgIpc) is 2.88. The number of likely N-dealkylation sites (tertiary alicyclic amines) is 1. The second-order valence-corrected chi connectivity index (χ2v) is 6.97. The van der Waals surface area contributed by atoms with Crippen LogP contribution in [-0.4, -0.2) is 48.6 Å². The molecule has 128 valence electrons. The molecular weight excluding hydrogens is 290 g/mol. The van der Waals surface area contributed by atoms with Crippen molar-refractivity contribution in [2.45, 2.75) is 64.6 Å². The summed E-state index contributed by atoms with van der Waals surface area (Å²) in [4.78, 5) is 14.9. The van der Waals surface area contributed by atoms with Gasteiger partial charge in [0.1, 0.15) is 11.5 Å². The first kappa shape index (κ1) is 16.5. The number of amides is 1. The fourth-order valence-corrected chi connectivity index (χ4v) is 3.69. The van der Waals surface area contributed by atoms with E-state index in [0.29, 0.717) is 23.4 Å². The molecule has 1 amide bonds. The van der Waals surface area contributed by atoms with Crippen LogP contribution < -0.4 is 10.6 Å². The minimum atomic E-state index is -0.00310. The first-order valence-corrected chi connectivity index (χ1v) is 8.93. The monoisotopic (exact) mass is 319 g/mol. The summed E-state index contributed by atoms with van der Waals surface area (Å²) in [6.07, 6.45) is 4.64. The molecule has 2 heterocycles. The molecule has 2 fully saturated rings. The van der Waals surface area contributed by atoms with E-state index in [4.69, 9.17) is 4.42 Å². The Balaban J connectivity index is 1.48. The summed E-state index contributed by atoms with van der Waals surface area (Å²) in [5, 5.41) is 6.94. The molecule has 23 heavy (non-hydrogen) atoms. The van der Waals surface area contributed by atoms with Crippen LogP contribution in [0.5, 0.6) is 0 Å². The third kappa shape index (κ3) is 3.78. The number of nitrogens with zero attached hydrogens (tertiary/aromatic N) is 1. The highest BCUT2D eigenvalue weighted by atomic mass is 16.3. The van der Waals surface area contributed by atoms with Gasteiger partial charge >= 0.3 is 0 Å². The van der Waals surface area contributed by atoms with E-state index < -0.39 is 0 Å². The van der Waals surface area contributed by atoms with Crippen LogP contribution in [0.2, 0.25) is 0 Å². The van der Waals surface area contributed by atoms with Gasteiger partial charge in [0.05, 0.1) is 5.56 Å². The molecule has 1 aromatic rings. The lowest BCUT2D eigenvalue weighted by Crippen LogP contribution is -2.60. The zero-order valence-corrected chi connectivity index (χ0v) is 14.5. The van der Waals surface area contributed by atoms with Gasteiger partial charge in [-0.2, -0.15) is 0 Å². The Labute approximate surface area is 138 Å². The number of aryl methyl sites for hydroxylation is 2. The van der Waals surface area contributed by atoms with Crippen LogP contribution in [0.4, 0.5) is 0 Å². The molecule has 3 rings (SSSR count). The Hall–Kier alpha value is -1.33. The van der Waals surface area contributed by atoms with E-state index in [1.165, 1.54) is 25.9 Å². The number of rotatable bonds is 5. The summed E-state index contributed by atoms with van der Waals surface area (Å²) in [7, 11) is 0. The normalized spacial score (nSPS) is 26.0. The van der Waals surface area contributed by atoms with Gasteiger partial charge in [0, 0.05) is 18.1 Å². The summed E-state index contributed by atoms with van der Waals surface area (Å²) < 4.78 is 5.46. The maximum absolute atomic E-state index is 12.4. The number of furan rings is 1. The van der Waals surface area contributed by atoms with Gasteiger partial charge in [0.25, 0.3) is 5.91 Å². The SMILES string of the molecule is CCN1CCC(N[C@@H]2CC[C@@H]2NC(=O)c2cc(C)oc2C)CC1. The lowest BCUT2D eigenvalue weighted by atomic mass is 9.84. The summed E-state index contributed by atoms with van der Waals surface area (Å²) in [5.74, 6) is 1.49. The van der Waals surface area contributed by atoms with Crippen LogP contribution in [0.25, 0.3) is 0 Å². The molecule has 2 atom stereocenters. The Kier molecular flexibility index (Phi) is 5.07. The van der Waals surface area contributed by atoms with E-state index in [0.717, 1.165) is 25.1 Å². The summed E-state index contributed by atoms with van der Waals surface area (Å²) in [6.45, 7) is 9.47. The highest BCUT2D eigenvalue weighted by Gasteiger charge is 2.34. The van der Waals surface area contributed by atoms with Crippen molar-refractivity contribution in [2.75, 3.05) is 19.6 Å². The minimum absolute atomic E-state index is 0.00310. The fourth-order valence-electron chi connectivity index (χ4n) is 3.69. The molecule has 1 saturated heterocycles. The Morgan fingerprint density at radius 3 is 2.43 bits per heavy atom. The molecule has 0 spiro atoms. The molecule has 1 saturated carbocycles. The minimum Gasteiger partial charge on any atom is -0.466 e. The maximum atomic E-state index is 12.4. The van der Waals surface area contributed by atoms with E-state index >= 15 is 0 Å². The highest BCUT2D eigenvalue weighted by Crippen LogP contribution is 2.24. The van der Waals surface area contributed by atoms with Gasteiger partial charge in [-0.1, -0.05) is 6.92 Å². The molecule has 5 heteroatoms. The Bertz CT molecular complexity index is 546. The van der Waals surface area contributed by atoms with Gasteiger partial charge in [-0.3, -0.25) is 4.79 Å². The molecule has 5 nitrogen and oxygen atoms in total. The largest absolute Gasteiger partial charge is 0.466 e. The molecule has 0 unspecified atom stereocenters. The maximum Gasteiger partial charge on any atom is 0.255 e. The first-order valence-electron chi connectivity index (χ1n) is 8.93. The number of hydrogen-bond donors (Lipinski definition) is 2. The second kappa shape index (κ2) is 7.05. The quantitative estimate of drug-likeness (QED) is 0.874. The first-order chi connectivity index (χ1) is 11.1. The van der Waals surface area contributed by atoms with Crippen molar-refractivity contribution in [2.24, 2.45) is 0 Å². The molecular formula is C18H29N3O2. The van der Waals surface area contributed by atoms with Gasteiger partial charge in [-0.25, -0.2) is 0 Å². The molecule has 0 bridgehead atoms. The van der Waals surface area contributed by atoms with Crippen molar-refractivity contribution in [1.29, 1.82) is 0 Å². The molecule has 1 aliphatic carbocycles. The zero-order valence-electron chi connectivity index (χ0n) is 14.5. The topological polar surface area (TPSA) is 57.5 Å². The van der Waals surface area contributed by atoms with Crippen LogP contribution in [0.3, 0.4) is 0 Å².